The van der Waals surface area contributed by atoms with Gasteiger partial charge in [-0.15, -0.1) is 0 Å². The molecule has 0 aliphatic heterocycles. The van der Waals surface area contributed by atoms with Gasteiger partial charge in [-0.25, -0.2) is 0 Å². The molecule has 0 unspecified atom stereocenters. The fourth-order valence-corrected chi connectivity index (χ4v) is 0.980. The van der Waals surface area contributed by atoms with Gasteiger partial charge < -0.3 is 5.32 Å². The van der Waals surface area contributed by atoms with Gasteiger partial charge in [0.1, 0.15) is 0 Å². The maximum Gasteiger partial charge on any atom is 0.0225 e. The van der Waals surface area contributed by atoms with Gasteiger partial charge >= 0.3 is 0 Å². The average molecular weight is 175 g/mol. The van der Waals surface area contributed by atoms with Gasteiger partial charge in [-0.3, -0.25) is 0 Å². The summed E-state index contributed by atoms with van der Waals surface area (Å²) in [4.78, 5) is 0. The lowest BCUT2D eigenvalue weighted by Gasteiger charge is -2.22. The van der Waals surface area contributed by atoms with Crippen LogP contribution in [0, 0.1) is 5.92 Å². The molecule has 0 saturated heterocycles. The number of hydrogen-bond donors (Lipinski definition) is 1. The summed E-state index contributed by atoms with van der Waals surface area (Å²) in [6.45, 7) is 11.2. The second-order valence-corrected chi connectivity index (χ2v) is 5.50. The highest BCUT2D eigenvalue weighted by atomic mass is 32.2. The van der Waals surface area contributed by atoms with Crippen LogP contribution < -0.4 is 5.32 Å². The maximum absolute atomic E-state index is 3.46. The summed E-state index contributed by atoms with van der Waals surface area (Å²) in [5, 5.41) is 3.46. The molecule has 0 atom stereocenters. The first-order valence-corrected chi connectivity index (χ1v) is 5.46. The van der Waals surface area contributed by atoms with E-state index in [-0.39, 0.29) is 0 Å². The zero-order valence-corrected chi connectivity index (χ0v) is 9.22. The summed E-state index contributed by atoms with van der Waals surface area (Å²) in [6, 6.07) is 0. The van der Waals surface area contributed by atoms with E-state index < -0.39 is 0 Å². The summed E-state index contributed by atoms with van der Waals surface area (Å²) in [5.41, 5.74) is 0. The minimum Gasteiger partial charge on any atom is -0.315 e. The van der Waals surface area contributed by atoms with Crippen molar-refractivity contribution in [3.8, 4) is 0 Å². The lowest BCUT2D eigenvalue weighted by atomic mass is 10.2. The van der Waals surface area contributed by atoms with Crippen molar-refractivity contribution < 1.29 is 0 Å². The highest BCUT2D eigenvalue weighted by Gasteiger charge is 2.14. The number of hydrogen-bond acceptors (Lipinski definition) is 2. The van der Waals surface area contributed by atoms with Crippen molar-refractivity contribution in [3.63, 3.8) is 0 Å². The third kappa shape index (κ3) is 6.70. The van der Waals surface area contributed by atoms with E-state index in [2.05, 4.69) is 39.3 Å². The van der Waals surface area contributed by atoms with E-state index in [0.717, 1.165) is 19.0 Å². The molecule has 0 bridgehead atoms. The van der Waals surface area contributed by atoms with Gasteiger partial charge in [0.05, 0.1) is 0 Å². The van der Waals surface area contributed by atoms with Gasteiger partial charge in [-0.05, 0) is 32.6 Å². The van der Waals surface area contributed by atoms with Crippen molar-refractivity contribution in [1.82, 2.24) is 5.32 Å². The third-order valence-electron chi connectivity index (χ3n) is 1.66. The average Bonchev–Trinajstić information content (AvgIpc) is 1.87. The van der Waals surface area contributed by atoms with Gasteiger partial charge in [0.25, 0.3) is 0 Å². The van der Waals surface area contributed by atoms with E-state index >= 15 is 0 Å². The molecule has 0 heterocycles. The second-order valence-electron chi connectivity index (χ2n) is 3.99. The largest absolute Gasteiger partial charge is 0.315 e. The van der Waals surface area contributed by atoms with Crippen LogP contribution in [0.1, 0.15) is 27.7 Å². The van der Waals surface area contributed by atoms with E-state index in [1.165, 1.54) is 0 Å². The quantitative estimate of drug-likeness (QED) is 0.688. The Bertz CT molecular complexity index is 99.7. The Hall–Kier alpha value is 0.310. The Morgan fingerprint density at radius 3 is 2.27 bits per heavy atom. The van der Waals surface area contributed by atoms with Crippen LogP contribution >= 0.6 is 11.8 Å². The molecular weight excluding hydrogens is 154 g/mol. The zero-order valence-electron chi connectivity index (χ0n) is 8.40. The van der Waals surface area contributed by atoms with Crippen LogP contribution in [0.15, 0.2) is 0 Å². The molecule has 0 aliphatic rings. The van der Waals surface area contributed by atoms with Crippen LogP contribution in [-0.4, -0.2) is 24.1 Å². The Labute approximate surface area is 75.3 Å². The highest BCUT2D eigenvalue weighted by Crippen LogP contribution is 2.19. The van der Waals surface area contributed by atoms with Gasteiger partial charge in [-0.1, -0.05) is 13.8 Å². The summed E-state index contributed by atoms with van der Waals surface area (Å²) >= 11 is 1.92. The minimum absolute atomic E-state index is 0.384. The van der Waals surface area contributed by atoms with Crippen molar-refractivity contribution in [2.24, 2.45) is 5.92 Å². The second kappa shape index (κ2) is 5.04. The topological polar surface area (TPSA) is 12.0 Å². The van der Waals surface area contributed by atoms with Gasteiger partial charge in [0.2, 0.25) is 0 Å². The Kier molecular flexibility index (Phi) is 5.19. The Morgan fingerprint density at radius 2 is 1.91 bits per heavy atom. The van der Waals surface area contributed by atoms with Crippen LogP contribution in [-0.2, 0) is 0 Å². The molecule has 0 aromatic heterocycles. The summed E-state index contributed by atoms with van der Waals surface area (Å²) in [5.74, 6) is 0.757. The van der Waals surface area contributed by atoms with Gasteiger partial charge in [-0.2, -0.15) is 11.8 Å². The summed E-state index contributed by atoms with van der Waals surface area (Å²) in [6.07, 6.45) is 2.16. The van der Waals surface area contributed by atoms with E-state index in [4.69, 9.17) is 0 Å². The molecule has 0 saturated carbocycles. The normalized spacial score (nSPS) is 12.5. The van der Waals surface area contributed by atoms with Crippen molar-refractivity contribution in [3.05, 3.63) is 0 Å². The lowest BCUT2D eigenvalue weighted by molar-refractivity contribution is 0.518. The first kappa shape index (κ1) is 11.3. The lowest BCUT2D eigenvalue weighted by Crippen LogP contribution is -2.33. The van der Waals surface area contributed by atoms with Crippen molar-refractivity contribution >= 4 is 11.8 Å². The van der Waals surface area contributed by atoms with Crippen molar-refractivity contribution in [1.29, 1.82) is 0 Å². The zero-order chi connectivity index (χ0) is 8.91. The number of thioether (sulfide) groups is 1. The van der Waals surface area contributed by atoms with Gasteiger partial charge in [0.15, 0.2) is 0 Å². The molecule has 2 heteroatoms. The maximum atomic E-state index is 3.46. The van der Waals surface area contributed by atoms with Crippen LogP contribution in [0.2, 0.25) is 0 Å². The van der Waals surface area contributed by atoms with Crippen LogP contribution in [0.3, 0.4) is 0 Å². The smallest absolute Gasteiger partial charge is 0.0225 e. The predicted octanol–water partition coefficient (Wildman–Crippen LogP) is 2.37. The van der Waals surface area contributed by atoms with E-state index in [1.54, 1.807) is 0 Å². The Balaban J connectivity index is 3.38. The Morgan fingerprint density at radius 1 is 1.36 bits per heavy atom. The number of rotatable bonds is 5. The first-order valence-electron chi connectivity index (χ1n) is 4.24. The number of nitrogens with one attached hydrogen (secondary N) is 1. The third-order valence-corrected chi connectivity index (χ3v) is 2.91. The first-order chi connectivity index (χ1) is 4.98. The van der Waals surface area contributed by atoms with Crippen LogP contribution in [0.4, 0.5) is 0 Å². The molecule has 0 aromatic carbocycles. The van der Waals surface area contributed by atoms with E-state index in [0.29, 0.717) is 4.75 Å². The molecule has 0 fully saturated rings. The summed E-state index contributed by atoms with van der Waals surface area (Å²) < 4.78 is 0.384. The van der Waals surface area contributed by atoms with Crippen molar-refractivity contribution in [2.45, 2.75) is 32.4 Å². The molecule has 0 radical (unpaired) electrons. The molecule has 68 valence electrons. The molecule has 1 nitrogen and oxygen atoms in total. The fourth-order valence-electron chi connectivity index (χ4n) is 0.734. The summed E-state index contributed by atoms with van der Waals surface area (Å²) in [7, 11) is 0. The molecule has 0 spiro atoms. The molecule has 0 aliphatic carbocycles. The molecule has 1 N–H and O–H groups in total. The van der Waals surface area contributed by atoms with Crippen molar-refractivity contribution in [2.75, 3.05) is 19.3 Å². The van der Waals surface area contributed by atoms with E-state index in [9.17, 15) is 0 Å². The molecule has 11 heavy (non-hydrogen) atoms. The molecule has 0 rings (SSSR count). The highest BCUT2D eigenvalue weighted by molar-refractivity contribution is 7.99. The standard InChI is InChI=1S/C9H21NS/c1-8(2)6-10-7-9(3,4)11-5/h8,10H,6-7H2,1-5H3. The molecule has 0 aromatic rings. The van der Waals surface area contributed by atoms with Crippen LogP contribution in [0.25, 0.3) is 0 Å². The van der Waals surface area contributed by atoms with Crippen LogP contribution in [0.5, 0.6) is 0 Å². The monoisotopic (exact) mass is 175 g/mol. The van der Waals surface area contributed by atoms with Gasteiger partial charge in [0, 0.05) is 11.3 Å². The van der Waals surface area contributed by atoms with E-state index in [1.807, 2.05) is 11.8 Å². The SMILES string of the molecule is CSC(C)(C)CNCC(C)C. The fraction of sp³-hybridized carbons (Fsp3) is 1.00. The predicted molar refractivity (Wildman–Crippen MR) is 55.3 cm³/mol. The minimum atomic E-state index is 0.384. The molecular formula is C9H21NS. The molecule has 0 amide bonds.